The van der Waals surface area contributed by atoms with Gasteiger partial charge in [0.25, 0.3) is 0 Å². The van der Waals surface area contributed by atoms with Crippen molar-refractivity contribution in [2.24, 2.45) is 16.9 Å². The van der Waals surface area contributed by atoms with E-state index in [4.69, 9.17) is 22.3 Å². The van der Waals surface area contributed by atoms with Crippen molar-refractivity contribution in [2.75, 3.05) is 11.5 Å². The zero-order valence-electron chi connectivity index (χ0n) is 12.8. The molecule has 0 fully saturated rings. The maximum Gasteiger partial charge on any atom is 0.151 e. The molecule has 0 aromatic carbocycles. The van der Waals surface area contributed by atoms with Gasteiger partial charge in [-0.2, -0.15) is 0 Å². The third-order valence-electron chi connectivity index (χ3n) is 4.06. The molecule has 0 amide bonds. The molecule has 126 valence electrons. The monoisotopic (exact) mass is 440 g/mol. The Morgan fingerprint density at radius 3 is 2.62 bits per heavy atom. The molecule has 24 heavy (non-hydrogen) atoms. The average Bonchev–Trinajstić information content (AvgIpc) is 2.87. The molecule has 1 heterocycles. The van der Waals surface area contributed by atoms with E-state index in [1.165, 1.54) is 44.5 Å². The summed E-state index contributed by atoms with van der Waals surface area (Å²) in [6, 6.07) is 0. The standard InChI is InChI=1S/C16H17BrN4S3/c17-11-4-6-16-5-2-1-3-10(16)12(8-23-15(20)21)24-13(16)9(11)7-22-14(18)19/h1-5H,6-8H2,(H3,18,19)(H3,20,21). The fourth-order valence-corrected chi connectivity index (χ4v) is 6.76. The van der Waals surface area contributed by atoms with Crippen LogP contribution < -0.4 is 11.5 Å². The van der Waals surface area contributed by atoms with Crippen molar-refractivity contribution in [3.8, 4) is 0 Å². The third-order valence-corrected chi connectivity index (χ3v) is 7.96. The van der Waals surface area contributed by atoms with Crippen LogP contribution in [0.3, 0.4) is 0 Å². The van der Waals surface area contributed by atoms with Crippen molar-refractivity contribution >= 4 is 61.6 Å². The lowest BCUT2D eigenvalue weighted by atomic mass is 9.71. The molecule has 1 aliphatic heterocycles. The summed E-state index contributed by atoms with van der Waals surface area (Å²) in [4.78, 5) is 2.56. The number of rotatable bonds is 4. The Hall–Kier alpha value is -0.830. The van der Waals surface area contributed by atoms with Gasteiger partial charge in [-0.15, -0.1) is 0 Å². The smallest absolute Gasteiger partial charge is 0.151 e. The Bertz CT molecular complexity index is 763. The van der Waals surface area contributed by atoms with E-state index in [0.29, 0.717) is 11.5 Å². The molecule has 4 nitrogen and oxygen atoms in total. The van der Waals surface area contributed by atoms with Gasteiger partial charge in [0.1, 0.15) is 0 Å². The normalized spacial score (nSPS) is 24.8. The molecule has 1 spiro atoms. The first-order valence-corrected chi connectivity index (χ1v) is 10.8. The molecule has 3 aliphatic rings. The summed E-state index contributed by atoms with van der Waals surface area (Å²) in [5, 5.41) is 15.3. The average molecular weight is 441 g/mol. The highest BCUT2D eigenvalue weighted by molar-refractivity contribution is 9.12. The lowest BCUT2D eigenvalue weighted by Crippen LogP contribution is -2.24. The Morgan fingerprint density at radius 1 is 1.21 bits per heavy atom. The Labute approximate surface area is 162 Å². The van der Waals surface area contributed by atoms with Crippen LogP contribution in [0.15, 0.2) is 55.8 Å². The number of hydrogen-bond acceptors (Lipinski definition) is 5. The van der Waals surface area contributed by atoms with Gasteiger partial charge in [-0.3, -0.25) is 10.8 Å². The zero-order valence-corrected chi connectivity index (χ0v) is 16.8. The molecule has 0 radical (unpaired) electrons. The highest BCUT2D eigenvalue weighted by Gasteiger charge is 2.46. The Kier molecular flexibility index (Phi) is 5.39. The second-order valence-electron chi connectivity index (χ2n) is 5.50. The van der Waals surface area contributed by atoms with E-state index in [1.807, 2.05) is 0 Å². The summed E-state index contributed by atoms with van der Waals surface area (Å²) in [5.74, 6) is 1.39. The second-order valence-corrected chi connectivity index (χ2v) is 9.49. The van der Waals surface area contributed by atoms with E-state index in [-0.39, 0.29) is 15.8 Å². The van der Waals surface area contributed by atoms with Crippen LogP contribution in [0, 0.1) is 16.2 Å². The Balaban J connectivity index is 2.01. The largest absolute Gasteiger partial charge is 0.379 e. The van der Waals surface area contributed by atoms with Gasteiger partial charge in [-0.1, -0.05) is 81.6 Å². The van der Waals surface area contributed by atoms with Crippen molar-refractivity contribution in [1.82, 2.24) is 0 Å². The van der Waals surface area contributed by atoms with E-state index in [2.05, 4.69) is 46.3 Å². The summed E-state index contributed by atoms with van der Waals surface area (Å²) in [5.41, 5.74) is 13.5. The molecule has 0 aromatic rings. The van der Waals surface area contributed by atoms with Crippen LogP contribution in [0.1, 0.15) is 6.42 Å². The fourth-order valence-electron chi connectivity index (χ4n) is 3.04. The van der Waals surface area contributed by atoms with Gasteiger partial charge in [0.05, 0.1) is 0 Å². The van der Waals surface area contributed by atoms with E-state index in [1.54, 1.807) is 11.8 Å². The molecule has 0 aromatic heterocycles. The number of nitrogens with one attached hydrogen (secondary N) is 2. The van der Waals surface area contributed by atoms with Crippen molar-refractivity contribution in [3.05, 3.63) is 55.8 Å². The van der Waals surface area contributed by atoms with Gasteiger partial charge >= 0.3 is 0 Å². The maximum absolute atomic E-state index is 7.50. The molecule has 6 N–H and O–H groups in total. The molecule has 1 unspecified atom stereocenters. The van der Waals surface area contributed by atoms with Gasteiger partial charge in [0.15, 0.2) is 10.3 Å². The van der Waals surface area contributed by atoms with E-state index in [0.717, 1.165) is 10.9 Å². The second kappa shape index (κ2) is 7.19. The predicted octanol–water partition coefficient (Wildman–Crippen LogP) is 4.29. The van der Waals surface area contributed by atoms with Crippen LogP contribution >= 0.6 is 51.2 Å². The highest BCUT2D eigenvalue weighted by Crippen LogP contribution is 2.62. The molecule has 0 saturated carbocycles. The minimum atomic E-state index is -0.115. The van der Waals surface area contributed by atoms with Gasteiger partial charge in [-0.25, -0.2) is 0 Å². The number of thioether (sulfide) groups is 3. The fraction of sp³-hybridized carbons (Fsp3) is 0.250. The van der Waals surface area contributed by atoms with Gasteiger partial charge in [0.2, 0.25) is 0 Å². The quantitative estimate of drug-likeness (QED) is 0.385. The van der Waals surface area contributed by atoms with Crippen LogP contribution in [0.25, 0.3) is 0 Å². The Morgan fingerprint density at radius 2 is 1.92 bits per heavy atom. The number of allylic oxidation sites excluding steroid dienone is 8. The molecule has 0 bridgehead atoms. The van der Waals surface area contributed by atoms with Crippen LogP contribution in [0.5, 0.6) is 0 Å². The van der Waals surface area contributed by atoms with Gasteiger partial charge in [0, 0.05) is 31.2 Å². The van der Waals surface area contributed by atoms with Gasteiger partial charge in [-0.05, 0) is 17.6 Å². The van der Waals surface area contributed by atoms with Crippen LogP contribution in [-0.4, -0.2) is 21.8 Å². The van der Waals surface area contributed by atoms with Crippen molar-refractivity contribution in [1.29, 1.82) is 10.8 Å². The molecule has 2 aliphatic carbocycles. The number of halogens is 1. The van der Waals surface area contributed by atoms with Crippen LogP contribution in [0.4, 0.5) is 0 Å². The van der Waals surface area contributed by atoms with Crippen LogP contribution in [0.2, 0.25) is 0 Å². The minimum Gasteiger partial charge on any atom is -0.379 e. The zero-order chi connectivity index (χ0) is 17.3. The first-order chi connectivity index (χ1) is 11.4. The topological polar surface area (TPSA) is 99.7 Å². The predicted molar refractivity (Wildman–Crippen MR) is 113 cm³/mol. The third kappa shape index (κ3) is 3.29. The molecule has 1 atom stereocenters. The first-order valence-electron chi connectivity index (χ1n) is 7.25. The molecular formula is C16H17BrN4S3. The van der Waals surface area contributed by atoms with Crippen LogP contribution in [-0.2, 0) is 0 Å². The summed E-state index contributed by atoms with van der Waals surface area (Å²) < 4.78 is 1.09. The summed E-state index contributed by atoms with van der Waals surface area (Å²) in [7, 11) is 0. The van der Waals surface area contributed by atoms with Crippen molar-refractivity contribution in [2.45, 2.75) is 6.42 Å². The van der Waals surface area contributed by atoms with E-state index >= 15 is 0 Å². The maximum atomic E-state index is 7.50. The summed E-state index contributed by atoms with van der Waals surface area (Å²) >= 11 is 8.17. The van der Waals surface area contributed by atoms with E-state index in [9.17, 15) is 0 Å². The minimum absolute atomic E-state index is 0.115. The van der Waals surface area contributed by atoms with Crippen molar-refractivity contribution in [3.63, 3.8) is 0 Å². The summed E-state index contributed by atoms with van der Waals surface area (Å²) in [6.07, 6.45) is 11.7. The molecule has 8 heteroatoms. The SMILES string of the molecule is N=C(N)SCC1=C2C=CC=CC23CC=C(Br)C(CSC(=N)N)=C3S1. The van der Waals surface area contributed by atoms with Gasteiger partial charge < -0.3 is 11.5 Å². The number of nitrogens with two attached hydrogens (primary N) is 2. The molecular weight excluding hydrogens is 424 g/mol. The number of hydrogen-bond donors (Lipinski definition) is 4. The lowest BCUT2D eigenvalue weighted by Gasteiger charge is -2.35. The molecule has 3 rings (SSSR count). The van der Waals surface area contributed by atoms with E-state index < -0.39 is 0 Å². The molecule has 0 saturated heterocycles. The lowest BCUT2D eigenvalue weighted by molar-refractivity contribution is 0.590. The first kappa shape index (κ1) is 18.0. The highest BCUT2D eigenvalue weighted by atomic mass is 79.9. The van der Waals surface area contributed by atoms with Crippen molar-refractivity contribution < 1.29 is 0 Å². The number of amidine groups is 2. The summed E-state index contributed by atoms with van der Waals surface area (Å²) in [6.45, 7) is 0.